The molecule has 1 saturated heterocycles. The van der Waals surface area contributed by atoms with Crippen LogP contribution in [0.25, 0.3) is 0 Å². The highest BCUT2D eigenvalue weighted by molar-refractivity contribution is 7.91. The van der Waals surface area contributed by atoms with Crippen LogP contribution in [0, 0.1) is 0 Å². The van der Waals surface area contributed by atoms with E-state index in [2.05, 4.69) is 0 Å². The number of aliphatic hydroxyl groups excluding tert-OH is 3. The Hall–Kier alpha value is -0.510. The Labute approximate surface area is 121 Å². The standard InChI is InChI=1S/C12H18O6S2/c1-7-10(13)12(15)11(14)9(18-7)3-5-20(16,17)8-2-4-19-6-8/h2,4,6-7,9-15H,3,5H2,1H3/t7?,9-,10-,11?,12+/m1/s1. The predicted molar refractivity (Wildman–Crippen MR) is 73.3 cm³/mol. The third-order valence-corrected chi connectivity index (χ3v) is 6.05. The molecule has 1 aliphatic rings. The van der Waals surface area contributed by atoms with Gasteiger partial charge in [-0.2, -0.15) is 11.3 Å². The summed E-state index contributed by atoms with van der Waals surface area (Å²) in [6, 6.07) is 1.53. The molecule has 1 fully saturated rings. The van der Waals surface area contributed by atoms with Gasteiger partial charge in [0.1, 0.15) is 18.3 Å². The Morgan fingerprint density at radius 3 is 2.55 bits per heavy atom. The average molecular weight is 322 g/mol. The van der Waals surface area contributed by atoms with Gasteiger partial charge in [0.05, 0.1) is 22.9 Å². The van der Waals surface area contributed by atoms with Gasteiger partial charge in [-0.3, -0.25) is 0 Å². The Kier molecular flexibility index (Phi) is 4.83. The van der Waals surface area contributed by atoms with Gasteiger partial charge in [-0.25, -0.2) is 8.42 Å². The first-order chi connectivity index (χ1) is 9.33. The molecule has 0 bridgehead atoms. The molecule has 20 heavy (non-hydrogen) atoms. The summed E-state index contributed by atoms with van der Waals surface area (Å²) in [5, 5.41) is 32.3. The van der Waals surface area contributed by atoms with Crippen molar-refractivity contribution in [3.05, 3.63) is 16.8 Å². The van der Waals surface area contributed by atoms with Gasteiger partial charge in [0, 0.05) is 5.38 Å². The number of sulfone groups is 1. The molecule has 1 aliphatic heterocycles. The van der Waals surface area contributed by atoms with E-state index in [9.17, 15) is 23.7 Å². The van der Waals surface area contributed by atoms with Crippen LogP contribution >= 0.6 is 11.3 Å². The number of hydrogen-bond donors (Lipinski definition) is 3. The van der Waals surface area contributed by atoms with Crippen molar-refractivity contribution in [3.63, 3.8) is 0 Å². The molecule has 2 unspecified atom stereocenters. The van der Waals surface area contributed by atoms with Gasteiger partial charge in [0.25, 0.3) is 0 Å². The van der Waals surface area contributed by atoms with Crippen LogP contribution in [0.4, 0.5) is 0 Å². The first-order valence-corrected chi connectivity index (χ1v) is 8.87. The first-order valence-electron chi connectivity index (χ1n) is 6.27. The van der Waals surface area contributed by atoms with Gasteiger partial charge in [0.15, 0.2) is 9.84 Å². The summed E-state index contributed by atoms with van der Waals surface area (Å²) in [6.45, 7) is 1.57. The van der Waals surface area contributed by atoms with E-state index in [-0.39, 0.29) is 17.1 Å². The average Bonchev–Trinajstić information content (AvgIpc) is 2.94. The zero-order valence-electron chi connectivity index (χ0n) is 10.9. The Balaban J connectivity index is 2.00. The quantitative estimate of drug-likeness (QED) is 0.708. The molecule has 3 N–H and O–H groups in total. The van der Waals surface area contributed by atoms with Gasteiger partial charge in [-0.05, 0) is 24.8 Å². The zero-order valence-corrected chi connectivity index (χ0v) is 12.5. The second-order valence-electron chi connectivity index (χ2n) is 4.92. The number of ether oxygens (including phenoxy) is 1. The van der Waals surface area contributed by atoms with Gasteiger partial charge in [0.2, 0.25) is 0 Å². The number of aliphatic hydroxyl groups is 3. The minimum atomic E-state index is -3.41. The normalized spacial score (nSPS) is 35.1. The van der Waals surface area contributed by atoms with Crippen LogP contribution in [0.1, 0.15) is 13.3 Å². The van der Waals surface area contributed by atoms with Crippen molar-refractivity contribution >= 4 is 21.2 Å². The molecule has 0 spiro atoms. The Bertz CT molecular complexity index is 526. The van der Waals surface area contributed by atoms with Crippen LogP contribution in [0.15, 0.2) is 21.7 Å². The molecule has 114 valence electrons. The maximum Gasteiger partial charge on any atom is 0.179 e. The van der Waals surface area contributed by atoms with E-state index in [1.165, 1.54) is 17.4 Å². The molecule has 5 atom stereocenters. The molecule has 0 radical (unpaired) electrons. The van der Waals surface area contributed by atoms with Crippen molar-refractivity contribution in [2.45, 2.75) is 48.8 Å². The lowest BCUT2D eigenvalue weighted by Gasteiger charge is -2.39. The van der Waals surface area contributed by atoms with Crippen LogP contribution in [-0.2, 0) is 14.6 Å². The summed E-state index contributed by atoms with van der Waals surface area (Å²) >= 11 is 1.30. The lowest BCUT2D eigenvalue weighted by molar-refractivity contribution is -0.217. The first kappa shape index (κ1) is 15.9. The van der Waals surface area contributed by atoms with Crippen molar-refractivity contribution in [1.82, 2.24) is 0 Å². The third-order valence-electron chi connectivity index (χ3n) is 3.48. The van der Waals surface area contributed by atoms with E-state index in [1.807, 2.05) is 0 Å². The lowest BCUT2D eigenvalue weighted by Crippen LogP contribution is -2.56. The van der Waals surface area contributed by atoms with E-state index in [1.54, 1.807) is 17.7 Å². The summed E-state index contributed by atoms with van der Waals surface area (Å²) in [7, 11) is -3.41. The minimum Gasteiger partial charge on any atom is -0.388 e. The van der Waals surface area contributed by atoms with E-state index in [4.69, 9.17) is 4.74 Å². The Morgan fingerprint density at radius 1 is 1.25 bits per heavy atom. The third kappa shape index (κ3) is 3.21. The van der Waals surface area contributed by atoms with Crippen LogP contribution in [0.3, 0.4) is 0 Å². The molecule has 1 aromatic heterocycles. The van der Waals surface area contributed by atoms with E-state index in [0.717, 1.165) is 0 Å². The fourth-order valence-electron chi connectivity index (χ4n) is 2.19. The maximum absolute atomic E-state index is 12.0. The second-order valence-corrected chi connectivity index (χ2v) is 7.81. The van der Waals surface area contributed by atoms with Gasteiger partial charge < -0.3 is 20.1 Å². The molecule has 0 saturated carbocycles. The minimum absolute atomic E-state index is 0.0630. The molecule has 0 amide bonds. The summed E-state index contributed by atoms with van der Waals surface area (Å²) in [5.41, 5.74) is 0. The molecular weight excluding hydrogens is 304 g/mol. The Morgan fingerprint density at radius 2 is 1.95 bits per heavy atom. The maximum atomic E-state index is 12.0. The molecule has 8 heteroatoms. The molecular formula is C12H18O6S2. The van der Waals surface area contributed by atoms with Gasteiger partial charge in [-0.15, -0.1) is 0 Å². The SMILES string of the molecule is CC1O[C@H](CCS(=O)(=O)c2ccsc2)C(O)[C@@H](O)[C@@H]1O. The largest absolute Gasteiger partial charge is 0.388 e. The molecule has 0 aliphatic carbocycles. The number of rotatable bonds is 4. The monoisotopic (exact) mass is 322 g/mol. The van der Waals surface area contributed by atoms with Crippen LogP contribution in [0.2, 0.25) is 0 Å². The predicted octanol–water partition coefficient (Wildman–Crippen LogP) is -0.218. The van der Waals surface area contributed by atoms with E-state index in [0.29, 0.717) is 0 Å². The molecule has 2 heterocycles. The highest BCUT2D eigenvalue weighted by Crippen LogP contribution is 2.24. The van der Waals surface area contributed by atoms with Crippen molar-refractivity contribution in [1.29, 1.82) is 0 Å². The highest BCUT2D eigenvalue weighted by Gasteiger charge is 2.41. The fraction of sp³-hybridized carbons (Fsp3) is 0.667. The van der Waals surface area contributed by atoms with Crippen molar-refractivity contribution in [2.24, 2.45) is 0 Å². The van der Waals surface area contributed by atoms with Crippen molar-refractivity contribution in [2.75, 3.05) is 5.75 Å². The van der Waals surface area contributed by atoms with E-state index >= 15 is 0 Å². The van der Waals surface area contributed by atoms with Crippen LogP contribution in [0.5, 0.6) is 0 Å². The summed E-state index contributed by atoms with van der Waals surface area (Å²) < 4.78 is 29.4. The van der Waals surface area contributed by atoms with Crippen LogP contribution in [-0.4, -0.2) is 60.0 Å². The summed E-state index contributed by atoms with van der Waals surface area (Å²) in [4.78, 5) is 0.251. The zero-order chi connectivity index (χ0) is 14.9. The van der Waals surface area contributed by atoms with Gasteiger partial charge >= 0.3 is 0 Å². The number of hydrogen-bond acceptors (Lipinski definition) is 7. The fourth-order valence-corrected chi connectivity index (χ4v) is 4.60. The summed E-state index contributed by atoms with van der Waals surface area (Å²) in [6.07, 6.45) is -5.19. The summed E-state index contributed by atoms with van der Waals surface area (Å²) in [5.74, 6) is -0.180. The van der Waals surface area contributed by atoms with Crippen molar-refractivity contribution < 1.29 is 28.5 Å². The highest BCUT2D eigenvalue weighted by atomic mass is 32.2. The van der Waals surface area contributed by atoms with Crippen molar-refractivity contribution in [3.8, 4) is 0 Å². The smallest absolute Gasteiger partial charge is 0.179 e. The number of thiophene rings is 1. The molecule has 6 nitrogen and oxygen atoms in total. The van der Waals surface area contributed by atoms with E-state index < -0.39 is 40.4 Å². The second kappa shape index (κ2) is 6.08. The molecule has 1 aromatic rings. The topological polar surface area (TPSA) is 104 Å². The molecule has 2 rings (SSSR count). The van der Waals surface area contributed by atoms with Crippen LogP contribution < -0.4 is 0 Å². The van der Waals surface area contributed by atoms with Gasteiger partial charge in [-0.1, -0.05) is 0 Å². The molecule has 0 aromatic carbocycles. The lowest BCUT2D eigenvalue weighted by atomic mass is 9.94.